The van der Waals surface area contributed by atoms with Gasteiger partial charge in [0.05, 0.1) is 23.8 Å². The lowest BCUT2D eigenvalue weighted by Crippen LogP contribution is -2.58. The molecule has 1 saturated heterocycles. The molecule has 176 valence electrons. The number of hydrogen-bond acceptors (Lipinski definition) is 6. The quantitative estimate of drug-likeness (QED) is 0.350. The lowest BCUT2D eigenvalue weighted by atomic mass is 9.99. The molecule has 5 atom stereocenters. The molecule has 1 heterocycles. The largest absolute Gasteiger partial charge is 0.453 e. The van der Waals surface area contributed by atoms with Crippen LogP contribution in [0.15, 0.2) is 91.0 Å². The standard InChI is InChI=1S/C27H25ClO6/c1-18-22(33-26(29)20-13-7-3-8-14-20)23(31-17-19-11-5-2-6-12-19)24(25(28)32-18)34-27(30)21-15-9-4-10-16-21/h2-16,18,22-25H,17H2,1H3/t18-,22-,23+,24+,25+/m0/s1. The number of ether oxygens (including phenoxy) is 4. The van der Waals surface area contributed by atoms with E-state index >= 15 is 0 Å². The molecule has 0 saturated carbocycles. The third-order valence-electron chi connectivity index (χ3n) is 5.50. The van der Waals surface area contributed by atoms with Gasteiger partial charge in [-0.15, -0.1) is 0 Å². The predicted molar refractivity (Wildman–Crippen MR) is 126 cm³/mol. The minimum Gasteiger partial charge on any atom is -0.453 e. The molecule has 0 aromatic heterocycles. The third-order valence-corrected chi connectivity index (χ3v) is 5.85. The highest BCUT2D eigenvalue weighted by atomic mass is 35.5. The number of halogens is 1. The average molecular weight is 481 g/mol. The minimum absolute atomic E-state index is 0.209. The monoisotopic (exact) mass is 480 g/mol. The SMILES string of the molecule is C[C@@H]1O[C@@H](Cl)[C@H](OC(=O)c2ccccc2)[C@H](OCc2ccccc2)[C@H]1OC(=O)c1ccccc1. The number of carbonyl (C=O) groups excluding carboxylic acids is 2. The zero-order chi connectivity index (χ0) is 23.9. The van der Waals surface area contributed by atoms with E-state index in [-0.39, 0.29) is 6.61 Å². The van der Waals surface area contributed by atoms with Gasteiger partial charge in [-0.2, -0.15) is 0 Å². The molecule has 0 aliphatic carbocycles. The summed E-state index contributed by atoms with van der Waals surface area (Å²) in [4.78, 5) is 25.6. The molecule has 3 aromatic rings. The molecule has 4 rings (SSSR count). The first-order valence-corrected chi connectivity index (χ1v) is 11.4. The molecule has 0 radical (unpaired) electrons. The number of alkyl halides is 1. The molecule has 1 aliphatic rings. The highest BCUT2D eigenvalue weighted by molar-refractivity contribution is 6.20. The summed E-state index contributed by atoms with van der Waals surface area (Å²) in [6.07, 6.45) is -3.32. The topological polar surface area (TPSA) is 71.1 Å². The van der Waals surface area contributed by atoms with Crippen LogP contribution in [0.25, 0.3) is 0 Å². The molecule has 1 fully saturated rings. The minimum atomic E-state index is -1.01. The van der Waals surface area contributed by atoms with Gasteiger partial charge in [0.15, 0.2) is 17.8 Å². The zero-order valence-electron chi connectivity index (χ0n) is 18.6. The number of benzene rings is 3. The molecule has 34 heavy (non-hydrogen) atoms. The first kappa shape index (κ1) is 24.0. The number of hydrogen-bond donors (Lipinski definition) is 0. The number of esters is 2. The van der Waals surface area contributed by atoms with E-state index in [9.17, 15) is 9.59 Å². The van der Waals surface area contributed by atoms with Crippen LogP contribution in [0.3, 0.4) is 0 Å². The van der Waals surface area contributed by atoms with Crippen molar-refractivity contribution in [2.45, 2.75) is 43.5 Å². The van der Waals surface area contributed by atoms with E-state index in [4.69, 9.17) is 30.5 Å². The summed E-state index contributed by atoms with van der Waals surface area (Å²) in [5, 5.41) is 0. The Bertz CT molecular complexity index is 1010. The molecule has 0 bridgehead atoms. The van der Waals surface area contributed by atoms with E-state index in [0.29, 0.717) is 11.1 Å². The second kappa shape index (κ2) is 11.3. The number of carbonyl (C=O) groups is 2. The Kier molecular flexibility index (Phi) is 7.95. The lowest BCUT2D eigenvalue weighted by Gasteiger charge is -2.42. The van der Waals surface area contributed by atoms with Crippen molar-refractivity contribution in [3.63, 3.8) is 0 Å². The summed E-state index contributed by atoms with van der Waals surface area (Å²) < 4.78 is 23.5. The van der Waals surface area contributed by atoms with Gasteiger partial charge in [0.1, 0.15) is 6.10 Å². The predicted octanol–water partition coefficient (Wildman–Crippen LogP) is 5.01. The Morgan fingerprint density at radius 1 is 0.735 bits per heavy atom. The second-order valence-corrected chi connectivity index (χ2v) is 8.36. The maximum absolute atomic E-state index is 12.8. The van der Waals surface area contributed by atoms with Gasteiger partial charge in [-0.1, -0.05) is 78.3 Å². The van der Waals surface area contributed by atoms with Gasteiger partial charge in [0.2, 0.25) is 0 Å². The molecule has 1 aliphatic heterocycles. The van der Waals surface area contributed by atoms with Crippen LogP contribution < -0.4 is 0 Å². The van der Waals surface area contributed by atoms with E-state index in [2.05, 4.69) is 0 Å². The molecule has 3 aromatic carbocycles. The maximum atomic E-state index is 12.8. The summed E-state index contributed by atoms with van der Waals surface area (Å²) in [6.45, 7) is 1.95. The van der Waals surface area contributed by atoms with Crippen LogP contribution in [0.5, 0.6) is 0 Å². The van der Waals surface area contributed by atoms with Crippen LogP contribution in [-0.2, 0) is 25.6 Å². The highest BCUT2D eigenvalue weighted by Crippen LogP contribution is 2.31. The Hall–Kier alpha value is -3.19. The zero-order valence-corrected chi connectivity index (χ0v) is 19.3. The Morgan fingerprint density at radius 3 is 1.74 bits per heavy atom. The number of rotatable bonds is 7. The van der Waals surface area contributed by atoms with Gasteiger partial charge in [0, 0.05) is 0 Å². The van der Waals surface area contributed by atoms with E-state index in [1.165, 1.54) is 0 Å². The van der Waals surface area contributed by atoms with Crippen molar-refractivity contribution in [1.29, 1.82) is 0 Å². The summed E-state index contributed by atoms with van der Waals surface area (Å²) in [5.74, 6) is -1.11. The van der Waals surface area contributed by atoms with E-state index in [1.807, 2.05) is 36.4 Å². The molecule has 0 N–H and O–H groups in total. The van der Waals surface area contributed by atoms with Crippen molar-refractivity contribution >= 4 is 23.5 Å². The molecule has 0 spiro atoms. The van der Waals surface area contributed by atoms with E-state index in [1.54, 1.807) is 61.5 Å². The summed E-state index contributed by atoms with van der Waals surface area (Å²) in [6, 6.07) is 26.7. The fraction of sp³-hybridized carbons (Fsp3) is 0.259. The van der Waals surface area contributed by atoms with Crippen molar-refractivity contribution in [1.82, 2.24) is 0 Å². The van der Waals surface area contributed by atoms with Crippen LogP contribution in [0, 0.1) is 0 Å². The normalized spacial score (nSPS) is 24.2. The Labute approximate surface area is 203 Å². The van der Waals surface area contributed by atoms with Crippen molar-refractivity contribution < 1.29 is 28.5 Å². The van der Waals surface area contributed by atoms with Crippen molar-refractivity contribution in [2.24, 2.45) is 0 Å². The lowest BCUT2D eigenvalue weighted by molar-refractivity contribution is -0.214. The van der Waals surface area contributed by atoms with Gasteiger partial charge in [0.25, 0.3) is 0 Å². The van der Waals surface area contributed by atoms with Crippen LogP contribution in [0.1, 0.15) is 33.2 Å². The summed E-state index contributed by atoms with van der Waals surface area (Å²) in [5.41, 5.74) is 0.677. The third kappa shape index (κ3) is 5.83. The Morgan fingerprint density at radius 2 is 1.21 bits per heavy atom. The van der Waals surface area contributed by atoms with Crippen LogP contribution in [0.2, 0.25) is 0 Å². The van der Waals surface area contributed by atoms with Gasteiger partial charge >= 0.3 is 11.9 Å². The molecule has 0 amide bonds. The molecular weight excluding hydrogens is 456 g/mol. The first-order valence-electron chi connectivity index (χ1n) is 11.0. The van der Waals surface area contributed by atoms with Gasteiger partial charge in [-0.25, -0.2) is 9.59 Å². The molecule has 0 unspecified atom stereocenters. The van der Waals surface area contributed by atoms with E-state index < -0.39 is 41.9 Å². The fourth-order valence-electron chi connectivity index (χ4n) is 3.73. The van der Waals surface area contributed by atoms with Crippen LogP contribution in [0.4, 0.5) is 0 Å². The van der Waals surface area contributed by atoms with Gasteiger partial charge in [-0.3, -0.25) is 0 Å². The van der Waals surface area contributed by atoms with Crippen LogP contribution in [-0.4, -0.2) is 41.9 Å². The van der Waals surface area contributed by atoms with E-state index in [0.717, 1.165) is 5.56 Å². The molecule has 7 heteroatoms. The van der Waals surface area contributed by atoms with Gasteiger partial charge in [-0.05, 0) is 36.8 Å². The fourth-order valence-corrected chi connectivity index (χ4v) is 4.09. The summed E-state index contributed by atoms with van der Waals surface area (Å²) >= 11 is 6.48. The molecular formula is C27H25ClO6. The maximum Gasteiger partial charge on any atom is 0.338 e. The van der Waals surface area contributed by atoms with Crippen molar-refractivity contribution in [2.75, 3.05) is 0 Å². The van der Waals surface area contributed by atoms with Crippen molar-refractivity contribution in [3.05, 3.63) is 108 Å². The average Bonchev–Trinajstić information content (AvgIpc) is 2.87. The smallest absolute Gasteiger partial charge is 0.338 e. The highest BCUT2D eigenvalue weighted by Gasteiger charge is 2.49. The van der Waals surface area contributed by atoms with Gasteiger partial charge < -0.3 is 18.9 Å². The van der Waals surface area contributed by atoms with Crippen molar-refractivity contribution in [3.8, 4) is 0 Å². The summed E-state index contributed by atoms with van der Waals surface area (Å²) in [7, 11) is 0. The molecule has 6 nitrogen and oxygen atoms in total. The Balaban J connectivity index is 1.59. The van der Waals surface area contributed by atoms with Crippen LogP contribution >= 0.6 is 11.6 Å². The second-order valence-electron chi connectivity index (χ2n) is 7.93. The first-order chi connectivity index (χ1) is 16.5.